The molecule has 0 unspecified atom stereocenters. The highest BCUT2D eigenvalue weighted by Crippen LogP contribution is 2.20. The van der Waals surface area contributed by atoms with Crippen LogP contribution in [0.25, 0.3) is 5.69 Å². The van der Waals surface area contributed by atoms with Gasteiger partial charge in [-0.05, 0) is 31.4 Å². The van der Waals surface area contributed by atoms with Crippen LogP contribution in [0.4, 0.5) is 0 Å². The molecule has 0 fully saturated rings. The van der Waals surface area contributed by atoms with E-state index in [1.807, 2.05) is 12.3 Å². The van der Waals surface area contributed by atoms with Crippen LogP contribution in [0.1, 0.15) is 5.56 Å². The van der Waals surface area contributed by atoms with Gasteiger partial charge in [0.25, 0.3) is 5.56 Å². The van der Waals surface area contributed by atoms with Gasteiger partial charge in [0.15, 0.2) is 0 Å². The molecule has 2 aromatic rings. The summed E-state index contributed by atoms with van der Waals surface area (Å²) in [6.45, 7) is 1.46. The summed E-state index contributed by atoms with van der Waals surface area (Å²) in [6, 6.07) is 7.14. The minimum absolute atomic E-state index is 0.115. The number of benzene rings is 1. The van der Waals surface area contributed by atoms with Crippen LogP contribution in [-0.4, -0.2) is 20.9 Å². The average molecular weight is 264 g/mol. The summed E-state index contributed by atoms with van der Waals surface area (Å²) in [7, 11) is 0. The third kappa shape index (κ3) is 2.06. The SMILES string of the molecule is CSc1cccc(-n2c(O)c(C)c(=O)[nH]c2=O)c1. The van der Waals surface area contributed by atoms with Crippen LogP contribution in [0.5, 0.6) is 5.88 Å². The van der Waals surface area contributed by atoms with Crippen LogP contribution in [-0.2, 0) is 0 Å². The molecule has 0 aliphatic rings. The Morgan fingerprint density at radius 3 is 2.72 bits per heavy atom. The van der Waals surface area contributed by atoms with Crippen molar-refractivity contribution in [3.63, 3.8) is 0 Å². The Bertz CT molecular complexity index is 703. The maximum absolute atomic E-state index is 11.8. The van der Waals surface area contributed by atoms with Gasteiger partial charge in [0.1, 0.15) is 0 Å². The minimum Gasteiger partial charge on any atom is -0.494 e. The Labute approximate surface area is 107 Å². The van der Waals surface area contributed by atoms with E-state index in [2.05, 4.69) is 4.98 Å². The summed E-state index contributed by atoms with van der Waals surface area (Å²) >= 11 is 1.53. The van der Waals surface area contributed by atoms with E-state index in [1.54, 1.807) is 18.2 Å². The molecule has 0 atom stereocenters. The van der Waals surface area contributed by atoms with E-state index in [9.17, 15) is 14.7 Å². The first-order valence-electron chi connectivity index (χ1n) is 5.24. The summed E-state index contributed by atoms with van der Waals surface area (Å²) < 4.78 is 1.08. The first-order valence-corrected chi connectivity index (χ1v) is 6.46. The maximum atomic E-state index is 11.8. The molecular formula is C12H12N2O3S. The summed E-state index contributed by atoms with van der Waals surface area (Å²) in [5, 5.41) is 9.91. The fourth-order valence-electron chi connectivity index (χ4n) is 1.60. The molecule has 0 bridgehead atoms. The first-order chi connectivity index (χ1) is 8.54. The fourth-order valence-corrected chi connectivity index (χ4v) is 2.05. The van der Waals surface area contributed by atoms with E-state index in [1.165, 1.54) is 18.7 Å². The monoisotopic (exact) mass is 264 g/mol. The quantitative estimate of drug-likeness (QED) is 0.801. The number of aromatic hydroxyl groups is 1. The number of rotatable bonds is 2. The number of hydrogen-bond acceptors (Lipinski definition) is 4. The normalized spacial score (nSPS) is 10.6. The molecule has 0 aliphatic heterocycles. The molecule has 2 N–H and O–H groups in total. The van der Waals surface area contributed by atoms with Gasteiger partial charge in [0.05, 0.1) is 11.3 Å². The van der Waals surface area contributed by atoms with E-state index in [0.717, 1.165) is 9.46 Å². The van der Waals surface area contributed by atoms with Crippen molar-refractivity contribution < 1.29 is 5.11 Å². The lowest BCUT2D eigenvalue weighted by atomic mass is 10.3. The third-order valence-electron chi connectivity index (χ3n) is 2.62. The zero-order valence-electron chi connectivity index (χ0n) is 9.93. The molecule has 94 valence electrons. The van der Waals surface area contributed by atoms with Crippen LogP contribution in [0, 0.1) is 6.92 Å². The molecule has 1 heterocycles. The smallest absolute Gasteiger partial charge is 0.335 e. The summed E-state index contributed by atoms with van der Waals surface area (Å²) in [4.78, 5) is 26.2. The van der Waals surface area contributed by atoms with Crippen molar-refractivity contribution in [1.29, 1.82) is 0 Å². The number of nitrogens with one attached hydrogen (secondary N) is 1. The topological polar surface area (TPSA) is 75.1 Å². The number of hydrogen-bond donors (Lipinski definition) is 2. The van der Waals surface area contributed by atoms with Gasteiger partial charge in [-0.25, -0.2) is 9.36 Å². The van der Waals surface area contributed by atoms with Gasteiger partial charge >= 0.3 is 5.69 Å². The van der Waals surface area contributed by atoms with Crippen molar-refractivity contribution in [3.8, 4) is 11.6 Å². The second-order valence-electron chi connectivity index (χ2n) is 3.74. The van der Waals surface area contributed by atoms with E-state index in [0.29, 0.717) is 5.69 Å². The molecule has 0 aliphatic carbocycles. The Morgan fingerprint density at radius 2 is 2.06 bits per heavy atom. The van der Waals surface area contributed by atoms with Crippen molar-refractivity contribution in [2.24, 2.45) is 0 Å². The number of H-pyrrole nitrogens is 1. The highest BCUT2D eigenvalue weighted by atomic mass is 32.2. The van der Waals surface area contributed by atoms with Crippen molar-refractivity contribution in [2.45, 2.75) is 11.8 Å². The lowest BCUT2D eigenvalue weighted by Gasteiger charge is -2.10. The van der Waals surface area contributed by atoms with Gasteiger partial charge in [-0.1, -0.05) is 6.07 Å². The molecular weight excluding hydrogens is 252 g/mol. The summed E-state index contributed by atoms with van der Waals surface area (Å²) in [5.41, 5.74) is -0.594. The third-order valence-corrected chi connectivity index (χ3v) is 3.35. The van der Waals surface area contributed by atoms with Gasteiger partial charge in [-0.15, -0.1) is 11.8 Å². The van der Waals surface area contributed by atoms with Crippen molar-refractivity contribution in [3.05, 3.63) is 50.7 Å². The lowest BCUT2D eigenvalue weighted by Crippen LogP contribution is -2.30. The molecule has 2 rings (SSSR count). The van der Waals surface area contributed by atoms with Crippen molar-refractivity contribution in [2.75, 3.05) is 6.26 Å². The molecule has 1 aromatic heterocycles. The number of nitrogens with zero attached hydrogens (tertiary/aromatic N) is 1. The Kier molecular flexibility index (Phi) is 3.29. The Hall–Kier alpha value is -1.95. The van der Waals surface area contributed by atoms with Crippen LogP contribution >= 0.6 is 11.8 Å². The van der Waals surface area contributed by atoms with E-state index in [4.69, 9.17) is 0 Å². The molecule has 6 heteroatoms. The molecule has 0 saturated carbocycles. The second kappa shape index (κ2) is 4.73. The van der Waals surface area contributed by atoms with Gasteiger partial charge in [0.2, 0.25) is 5.88 Å². The molecule has 0 spiro atoms. The predicted octanol–water partition coefficient (Wildman–Crippen LogP) is 1.26. The highest BCUT2D eigenvalue weighted by molar-refractivity contribution is 7.98. The Balaban J connectivity index is 2.75. The average Bonchev–Trinajstić information content (AvgIpc) is 2.36. The van der Waals surface area contributed by atoms with E-state index >= 15 is 0 Å². The number of thioether (sulfide) groups is 1. The van der Waals surface area contributed by atoms with Crippen LogP contribution < -0.4 is 11.2 Å². The van der Waals surface area contributed by atoms with E-state index < -0.39 is 11.2 Å². The molecule has 5 nitrogen and oxygen atoms in total. The largest absolute Gasteiger partial charge is 0.494 e. The Morgan fingerprint density at radius 1 is 1.33 bits per heavy atom. The molecule has 0 saturated heterocycles. The maximum Gasteiger partial charge on any atom is 0.335 e. The van der Waals surface area contributed by atoms with Crippen LogP contribution in [0.2, 0.25) is 0 Å². The number of aromatic nitrogens is 2. The van der Waals surface area contributed by atoms with Crippen LogP contribution in [0.3, 0.4) is 0 Å². The zero-order chi connectivity index (χ0) is 13.3. The standard InChI is InChI=1S/C12H12N2O3S/c1-7-10(15)13-12(17)14(11(7)16)8-4-3-5-9(6-8)18-2/h3-6,16H,1-2H3,(H,13,15,17). The van der Waals surface area contributed by atoms with Gasteiger partial charge in [-0.2, -0.15) is 0 Å². The predicted molar refractivity (Wildman–Crippen MR) is 70.8 cm³/mol. The zero-order valence-corrected chi connectivity index (χ0v) is 10.7. The summed E-state index contributed by atoms with van der Waals surface area (Å²) in [5.74, 6) is -0.331. The van der Waals surface area contributed by atoms with Crippen molar-refractivity contribution >= 4 is 11.8 Å². The van der Waals surface area contributed by atoms with Gasteiger partial charge < -0.3 is 5.11 Å². The second-order valence-corrected chi connectivity index (χ2v) is 4.62. The fraction of sp³-hybridized carbons (Fsp3) is 0.167. The van der Waals surface area contributed by atoms with Crippen molar-refractivity contribution in [1.82, 2.24) is 9.55 Å². The van der Waals surface area contributed by atoms with Gasteiger partial charge in [-0.3, -0.25) is 9.78 Å². The highest BCUT2D eigenvalue weighted by Gasteiger charge is 2.11. The number of aromatic amines is 1. The molecule has 0 radical (unpaired) electrons. The minimum atomic E-state index is -0.652. The summed E-state index contributed by atoms with van der Waals surface area (Å²) in [6.07, 6.45) is 1.92. The molecule has 18 heavy (non-hydrogen) atoms. The lowest BCUT2D eigenvalue weighted by molar-refractivity contribution is 0.426. The van der Waals surface area contributed by atoms with Crippen LogP contribution in [0.15, 0.2) is 38.8 Å². The molecule has 1 aromatic carbocycles. The van der Waals surface area contributed by atoms with E-state index in [-0.39, 0.29) is 11.4 Å². The van der Waals surface area contributed by atoms with Gasteiger partial charge in [0, 0.05) is 4.90 Å². The first kappa shape index (κ1) is 12.5. The molecule has 0 amide bonds.